The van der Waals surface area contributed by atoms with Gasteiger partial charge >= 0.3 is 0 Å². The van der Waals surface area contributed by atoms with E-state index >= 15 is 0 Å². The van der Waals surface area contributed by atoms with Crippen LogP contribution in [0.15, 0.2) is 30.5 Å². The van der Waals surface area contributed by atoms with Crippen molar-refractivity contribution in [2.24, 2.45) is 0 Å². The van der Waals surface area contributed by atoms with Crippen molar-refractivity contribution in [1.82, 2.24) is 4.98 Å². The fraction of sp³-hybridized carbons (Fsp3) is 0.643. The molecule has 0 radical (unpaired) electrons. The Kier molecular flexibility index (Phi) is 21.7. The molecule has 29 heavy (non-hydrogen) atoms. The lowest BCUT2D eigenvalue weighted by molar-refractivity contribution is 0.669. The average molecular weight is 402 g/mol. The Balaban J connectivity index is 0. The highest BCUT2D eigenvalue weighted by Crippen LogP contribution is 2.24. The summed E-state index contributed by atoms with van der Waals surface area (Å²) in [6, 6.07) is 8.48. The van der Waals surface area contributed by atoms with Gasteiger partial charge in [0.25, 0.3) is 0 Å². The Bertz CT molecular complexity index is 539. The molecule has 0 saturated carbocycles. The first-order chi connectivity index (χ1) is 14.0. The fourth-order valence-electron chi connectivity index (χ4n) is 2.91. The predicted octanol–water partition coefficient (Wildman–Crippen LogP) is 9.40. The normalized spacial score (nSPS) is 11.1. The number of hydrogen-bond acceptors (Lipinski definition) is 0. The fourth-order valence-corrected chi connectivity index (χ4v) is 2.91. The van der Waals surface area contributed by atoms with Crippen molar-refractivity contribution in [3.8, 4) is 0 Å². The molecule has 1 nitrogen and oxygen atoms in total. The van der Waals surface area contributed by atoms with Gasteiger partial charge < -0.3 is 4.98 Å². The molecular formula is C28H51N. The van der Waals surface area contributed by atoms with Crippen molar-refractivity contribution in [1.29, 1.82) is 0 Å². The number of rotatable bonds is 3. The van der Waals surface area contributed by atoms with E-state index in [4.69, 9.17) is 0 Å². The Hall–Kier alpha value is -1.50. The number of aryl methyl sites for hydroxylation is 4. The molecule has 1 heteroatoms. The summed E-state index contributed by atoms with van der Waals surface area (Å²) >= 11 is 0. The summed E-state index contributed by atoms with van der Waals surface area (Å²) < 4.78 is 0. The van der Waals surface area contributed by atoms with Crippen LogP contribution in [0.3, 0.4) is 0 Å². The Morgan fingerprint density at radius 3 is 1.66 bits per heavy atom. The van der Waals surface area contributed by atoms with Gasteiger partial charge in [0.05, 0.1) is 0 Å². The van der Waals surface area contributed by atoms with Crippen molar-refractivity contribution < 1.29 is 0 Å². The van der Waals surface area contributed by atoms with Crippen LogP contribution in [0.1, 0.15) is 115 Å². The van der Waals surface area contributed by atoms with E-state index in [9.17, 15) is 0 Å². The molecule has 0 saturated heterocycles. The lowest BCUT2D eigenvalue weighted by Crippen LogP contribution is -2.02. The zero-order valence-corrected chi connectivity index (χ0v) is 21.3. The first kappa shape index (κ1) is 29.7. The monoisotopic (exact) mass is 401 g/mol. The predicted molar refractivity (Wildman–Crippen MR) is 135 cm³/mol. The molecule has 0 aliphatic heterocycles. The maximum absolute atomic E-state index is 3.44. The maximum Gasteiger partial charge on any atom is 0.0182 e. The highest BCUT2D eigenvalue weighted by atomic mass is 14.7. The first-order valence-electron chi connectivity index (χ1n) is 12.2. The quantitative estimate of drug-likeness (QED) is 0.527. The Morgan fingerprint density at radius 1 is 0.759 bits per heavy atom. The summed E-state index contributed by atoms with van der Waals surface area (Å²) in [5.74, 6) is 0. The summed E-state index contributed by atoms with van der Waals surface area (Å²) in [6.45, 7) is 19.0. The van der Waals surface area contributed by atoms with E-state index < -0.39 is 0 Å². The molecule has 3 rings (SSSR count). The second-order valence-electron chi connectivity index (χ2n) is 7.65. The van der Waals surface area contributed by atoms with E-state index in [-0.39, 0.29) is 0 Å². The number of H-pyrrole nitrogens is 1. The summed E-state index contributed by atoms with van der Waals surface area (Å²) in [5, 5.41) is 0. The van der Waals surface area contributed by atoms with Gasteiger partial charge in [-0.3, -0.25) is 0 Å². The van der Waals surface area contributed by atoms with Gasteiger partial charge in [-0.1, -0.05) is 103 Å². The van der Waals surface area contributed by atoms with Crippen molar-refractivity contribution in [2.45, 2.75) is 120 Å². The lowest BCUT2D eigenvalue weighted by Gasteiger charge is -2.12. The minimum absolute atomic E-state index is 1.25. The number of benzene rings is 1. The molecular weight excluding hydrogens is 350 g/mol. The summed E-state index contributed by atoms with van der Waals surface area (Å²) in [6.07, 6.45) is 14.0. The smallest absolute Gasteiger partial charge is 0.0182 e. The highest BCUT2D eigenvalue weighted by Gasteiger charge is 2.14. The minimum atomic E-state index is 1.25. The Morgan fingerprint density at radius 2 is 1.21 bits per heavy atom. The molecule has 2 aromatic rings. The van der Waals surface area contributed by atoms with E-state index in [0.29, 0.717) is 0 Å². The van der Waals surface area contributed by atoms with Crippen LogP contribution in [0, 0.1) is 13.8 Å². The van der Waals surface area contributed by atoms with E-state index in [1.165, 1.54) is 74.6 Å². The molecule has 0 unspecified atom stereocenters. The molecule has 0 atom stereocenters. The summed E-state index contributed by atoms with van der Waals surface area (Å²) in [4.78, 5) is 3.44. The van der Waals surface area contributed by atoms with Gasteiger partial charge in [-0.05, 0) is 63.5 Å². The van der Waals surface area contributed by atoms with Gasteiger partial charge in [0.15, 0.2) is 0 Å². The molecule has 1 aliphatic carbocycles. The topological polar surface area (TPSA) is 15.8 Å². The molecule has 1 N–H and O–H groups in total. The van der Waals surface area contributed by atoms with Crippen LogP contribution < -0.4 is 0 Å². The molecule has 0 amide bonds. The van der Waals surface area contributed by atoms with Crippen molar-refractivity contribution in [2.75, 3.05) is 0 Å². The molecule has 1 aromatic carbocycles. The first-order valence-corrected chi connectivity index (χ1v) is 12.2. The second-order valence-corrected chi connectivity index (χ2v) is 7.65. The van der Waals surface area contributed by atoms with Crippen LogP contribution >= 0.6 is 0 Å². The van der Waals surface area contributed by atoms with Gasteiger partial charge in [0, 0.05) is 11.9 Å². The van der Waals surface area contributed by atoms with Crippen molar-refractivity contribution in [3.63, 3.8) is 0 Å². The van der Waals surface area contributed by atoms with Crippen LogP contribution in [0.25, 0.3) is 0 Å². The average Bonchev–Trinajstić information content (AvgIpc) is 3.15. The summed E-state index contributed by atoms with van der Waals surface area (Å²) in [5.41, 5.74) is 7.43. The molecule has 168 valence electrons. The molecule has 0 spiro atoms. The third kappa shape index (κ3) is 15.1. The van der Waals surface area contributed by atoms with E-state index in [1.807, 2.05) is 13.8 Å². The van der Waals surface area contributed by atoms with Gasteiger partial charge in [-0.2, -0.15) is 0 Å². The number of nitrogens with one attached hydrogen (secondary N) is 1. The standard InChI is InChI=1S/C12H19N.C8H10.2C3H8.C2H6/c1-2-3-6-10-9-13-12-8-5-4-7-11(10)12;1-7-3-5-8(2)6-4-7;2*1-3-2;1-2/h9,13H,2-8H2,1H3;3-6H,1-2H3;2*3H2,1-2H3;1-2H3. The Labute approximate surface area is 183 Å². The second kappa shape index (κ2) is 21.2. The van der Waals surface area contributed by atoms with E-state index in [2.05, 4.69) is 83.9 Å². The van der Waals surface area contributed by atoms with Gasteiger partial charge in [-0.15, -0.1) is 0 Å². The third-order valence-corrected chi connectivity index (χ3v) is 4.29. The van der Waals surface area contributed by atoms with Gasteiger partial charge in [-0.25, -0.2) is 0 Å². The number of unbranched alkanes of at least 4 members (excludes halogenated alkanes) is 1. The molecule has 0 bridgehead atoms. The number of aromatic amines is 1. The minimum Gasteiger partial charge on any atom is -0.364 e. The molecule has 1 heterocycles. The number of hydrogen-bond donors (Lipinski definition) is 1. The number of aromatic nitrogens is 1. The SMILES string of the molecule is CC.CCC.CCC.CCCCc1c[nH]c2c1CCCC2.Cc1ccc(C)cc1. The maximum atomic E-state index is 3.44. The van der Waals surface area contributed by atoms with Crippen LogP contribution in [-0.2, 0) is 19.3 Å². The molecule has 1 aromatic heterocycles. The van der Waals surface area contributed by atoms with E-state index in [0.717, 1.165) is 0 Å². The van der Waals surface area contributed by atoms with Crippen LogP contribution in [0.2, 0.25) is 0 Å². The molecule has 1 aliphatic rings. The van der Waals surface area contributed by atoms with Crippen LogP contribution in [0.5, 0.6) is 0 Å². The lowest BCUT2D eigenvalue weighted by atomic mass is 9.93. The summed E-state index contributed by atoms with van der Waals surface area (Å²) in [7, 11) is 0. The third-order valence-electron chi connectivity index (χ3n) is 4.29. The van der Waals surface area contributed by atoms with Crippen molar-refractivity contribution in [3.05, 3.63) is 58.4 Å². The molecule has 0 fully saturated rings. The highest BCUT2D eigenvalue weighted by molar-refractivity contribution is 5.32. The van der Waals surface area contributed by atoms with E-state index in [1.54, 1.807) is 11.1 Å². The van der Waals surface area contributed by atoms with Crippen molar-refractivity contribution >= 4 is 0 Å². The van der Waals surface area contributed by atoms with Gasteiger partial charge in [0.1, 0.15) is 0 Å². The van der Waals surface area contributed by atoms with Crippen LogP contribution in [-0.4, -0.2) is 4.98 Å². The van der Waals surface area contributed by atoms with Crippen LogP contribution in [0.4, 0.5) is 0 Å². The largest absolute Gasteiger partial charge is 0.364 e. The van der Waals surface area contributed by atoms with Gasteiger partial charge in [0.2, 0.25) is 0 Å². The zero-order chi connectivity index (χ0) is 22.5. The number of fused-ring (bicyclic) bond motifs is 1. The zero-order valence-electron chi connectivity index (χ0n) is 21.3.